The normalized spacial score (nSPS) is 19.2. The lowest BCUT2D eigenvalue weighted by atomic mass is 10.1. The standard InChI is InChI=1S/C23H26F2N8O4/c1-14-10-15(29-37-14)11-33-21(35)19-20(30(2)22(33)36)26-13-32(19)12-18(34)28-16-4-3-5-17(27-16)31-8-6-23(24,25)7-9-31/h3-5,10,13,22,36H,6-9,11-12H2,1-2H3,(H,27,28,34). The van der Waals surface area contributed by atoms with Crippen molar-refractivity contribution in [3.05, 3.63) is 47.7 Å². The van der Waals surface area contributed by atoms with E-state index in [1.165, 1.54) is 20.7 Å². The number of amides is 2. The minimum Gasteiger partial charge on any atom is -0.361 e. The van der Waals surface area contributed by atoms with Crippen molar-refractivity contribution in [3.8, 4) is 0 Å². The Balaban J connectivity index is 1.29. The smallest absolute Gasteiger partial charge is 0.278 e. The van der Waals surface area contributed by atoms with E-state index < -0.39 is 24.1 Å². The third-order valence-electron chi connectivity index (χ3n) is 6.39. The van der Waals surface area contributed by atoms with Gasteiger partial charge in [-0.25, -0.2) is 18.7 Å². The lowest BCUT2D eigenvalue weighted by molar-refractivity contribution is -0.116. The predicted molar refractivity (Wildman–Crippen MR) is 127 cm³/mol. The Labute approximate surface area is 210 Å². The molecular weight excluding hydrogens is 490 g/mol. The zero-order valence-corrected chi connectivity index (χ0v) is 20.3. The first kappa shape index (κ1) is 24.6. The molecule has 0 aromatic carbocycles. The van der Waals surface area contributed by atoms with Gasteiger partial charge in [-0.15, -0.1) is 0 Å². The summed E-state index contributed by atoms with van der Waals surface area (Å²) < 4.78 is 33.4. The zero-order valence-electron chi connectivity index (χ0n) is 20.3. The number of nitrogens with one attached hydrogen (secondary N) is 1. The number of aromatic nitrogens is 4. The maximum absolute atomic E-state index is 13.5. The van der Waals surface area contributed by atoms with Crippen LogP contribution in [0.3, 0.4) is 0 Å². The fourth-order valence-electron chi connectivity index (χ4n) is 4.42. The van der Waals surface area contributed by atoms with E-state index in [2.05, 4.69) is 20.4 Å². The van der Waals surface area contributed by atoms with E-state index in [-0.39, 0.29) is 56.4 Å². The molecular formula is C23H26F2N8O4. The van der Waals surface area contributed by atoms with E-state index in [9.17, 15) is 23.5 Å². The first-order chi connectivity index (χ1) is 17.6. The van der Waals surface area contributed by atoms with Crippen molar-refractivity contribution < 1.29 is 28.0 Å². The number of aliphatic hydroxyl groups excluding tert-OH is 1. The fraction of sp³-hybridized carbons (Fsp3) is 0.435. The molecule has 0 bridgehead atoms. The second kappa shape index (κ2) is 9.42. The van der Waals surface area contributed by atoms with Crippen molar-refractivity contribution in [1.82, 2.24) is 24.6 Å². The number of aliphatic hydroxyl groups is 1. The second-order valence-corrected chi connectivity index (χ2v) is 9.14. The molecule has 12 nitrogen and oxygen atoms in total. The lowest BCUT2D eigenvalue weighted by Crippen LogP contribution is -2.54. The van der Waals surface area contributed by atoms with Crippen LogP contribution in [0.4, 0.5) is 26.2 Å². The van der Waals surface area contributed by atoms with Crippen LogP contribution in [0.1, 0.15) is 34.8 Å². The molecule has 1 unspecified atom stereocenters. The van der Waals surface area contributed by atoms with Crippen LogP contribution in [0.15, 0.2) is 35.1 Å². The Morgan fingerprint density at radius 2 is 2.05 bits per heavy atom. The summed E-state index contributed by atoms with van der Waals surface area (Å²) in [5.74, 6) is -2.09. The van der Waals surface area contributed by atoms with Crippen molar-refractivity contribution in [2.75, 3.05) is 35.3 Å². The maximum Gasteiger partial charge on any atom is 0.278 e. The lowest BCUT2D eigenvalue weighted by Gasteiger charge is -2.38. The molecule has 1 atom stereocenters. The summed E-state index contributed by atoms with van der Waals surface area (Å²) in [7, 11) is 1.58. The van der Waals surface area contributed by atoms with Gasteiger partial charge in [-0.1, -0.05) is 11.2 Å². The van der Waals surface area contributed by atoms with E-state index in [0.29, 0.717) is 17.3 Å². The first-order valence-electron chi connectivity index (χ1n) is 11.7. The summed E-state index contributed by atoms with van der Waals surface area (Å²) in [6, 6.07) is 6.65. The summed E-state index contributed by atoms with van der Waals surface area (Å²) in [5.41, 5.74) is 0.605. The van der Waals surface area contributed by atoms with Gasteiger partial charge >= 0.3 is 0 Å². The molecule has 2 amide bonds. The molecule has 3 aromatic heterocycles. The molecule has 196 valence electrons. The van der Waals surface area contributed by atoms with Gasteiger partial charge in [0.25, 0.3) is 11.8 Å². The summed E-state index contributed by atoms with van der Waals surface area (Å²) in [6.45, 7) is 1.82. The van der Waals surface area contributed by atoms with Crippen molar-refractivity contribution in [2.45, 2.75) is 45.1 Å². The SMILES string of the molecule is Cc1cc(CN2C(=O)c3c(ncn3CC(=O)Nc3cccc(N4CCC(F)(F)CC4)n3)N(C)C2O)no1. The number of pyridine rings is 1. The van der Waals surface area contributed by atoms with Crippen molar-refractivity contribution in [3.63, 3.8) is 0 Å². The van der Waals surface area contributed by atoms with E-state index in [1.54, 1.807) is 43.1 Å². The number of nitrogens with zero attached hydrogens (tertiary/aromatic N) is 7. The monoisotopic (exact) mass is 516 g/mol. The van der Waals surface area contributed by atoms with Gasteiger partial charge in [0.05, 0.1) is 12.9 Å². The molecule has 0 spiro atoms. The van der Waals surface area contributed by atoms with Crippen LogP contribution in [0.2, 0.25) is 0 Å². The van der Waals surface area contributed by atoms with E-state index in [1.807, 2.05) is 0 Å². The highest BCUT2D eigenvalue weighted by atomic mass is 19.3. The van der Waals surface area contributed by atoms with Crippen LogP contribution in [0.5, 0.6) is 0 Å². The van der Waals surface area contributed by atoms with Crippen LogP contribution >= 0.6 is 0 Å². The molecule has 37 heavy (non-hydrogen) atoms. The number of rotatable bonds is 6. The third kappa shape index (κ3) is 4.96. The van der Waals surface area contributed by atoms with Gasteiger partial charge in [0, 0.05) is 39.0 Å². The Morgan fingerprint density at radius 3 is 2.76 bits per heavy atom. The van der Waals surface area contributed by atoms with Crippen LogP contribution in [-0.2, 0) is 17.9 Å². The van der Waals surface area contributed by atoms with Gasteiger partial charge in [-0.3, -0.25) is 14.5 Å². The molecule has 0 radical (unpaired) electrons. The Morgan fingerprint density at radius 1 is 1.30 bits per heavy atom. The molecule has 14 heteroatoms. The summed E-state index contributed by atoms with van der Waals surface area (Å²) in [5, 5.41) is 17.2. The number of alkyl halides is 2. The van der Waals surface area contributed by atoms with Gasteiger partial charge < -0.3 is 29.3 Å². The summed E-state index contributed by atoms with van der Waals surface area (Å²) >= 11 is 0. The molecule has 0 saturated carbocycles. The number of fused-ring (bicyclic) bond motifs is 1. The minimum atomic E-state index is -2.67. The van der Waals surface area contributed by atoms with Crippen molar-refractivity contribution >= 4 is 29.3 Å². The van der Waals surface area contributed by atoms with Crippen LogP contribution in [0, 0.1) is 6.92 Å². The van der Waals surface area contributed by atoms with Gasteiger partial charge in [-0.2, -0.15) is 0 Å². The average Bonchev–Trinajstić information content (AvgIpc) is 3.46. The third-order valence-corrected chi connectivity index (χ3v) is 6.39. The quantitative estimate of drug-likeness (QED) is 0.503. The molecule has 5 heterocycles. The number of piperidine rings is 1. The Hall–Kier alpha value is -4.07. The van der Waals surface area contributed by atoms with E-state index in [0.717, 1.165) is 0 Å². The highest BCUT2D eigenvalue weighted by Crippen LogP contribution is 2.31. The molecule has 0 aliphatic carbocycles. The topological polar surface area (TPSA) is 133 Å². The van der Waals surface area contributed by atoms with Gasteiger partial charge in [0.15, 0.2) is 11.5 Å². The number of aryl methyl sites for hydroxylation is 1. The summed E-state index contributed by atoms with van der Waals surface area (Å²) in [6.07, 6.45) is -0.425. The highest BCUT2D eigenvalue weighted by Gasteiger charge is 2.39. The molecule has 1 fully saturated rings. The number of carbonyl (C=O) groups is 2. The average molecular weight is 517 g/mol. The van der Waals surface area contributed by atoms with E-state index >= 15 is 0 Å². The number of hydrogen-bond acceptors (Lipinski definition) is 9. The number of imidazole rings is 1. The van der Waals surface area contributed by atoms with E-state index in [4.69, 9.17) is 4.52 Å². The summed E-state index contributed by atoms with van der Waals surface area (Å²) in [4.78, 5) is 39.1. The number of carbonyl (C=O) groups excluding carboxylic acids is 2. The molecule has 2 aliphatic rings. The van der Waals surface area contributed by atoms with Gasteiger partial charge in [-0.05, 0) is 19.1 Å². The second-order valence-electron chi connectivity index (χ2n) is 9.14. The minimum absolute atomic E-state index is 0.00234. The van der Waals surface area contributed by atoms with Crippen LogP contribution < -0.4 is 15.1 Å². The Kier molecular flexibility index (Phi) is 6.27. The molecule has 1 saturated heterocycles. The first-order valence-corrected chi connectivity index (χ1v) is 11.7. The fourth-order valence-corrected chi connectivity index (χ4v) is 4.42. The van der Waals surface area contributed by atoms with Crippen LogP contribution in [0.25, 0.3) is 0 Å². The number of halogens is 2. The zero-order chi connectivity index (χ0) is 26.3. The molecule has 3 aromatic rings. The predicted octanol–water partition coefficient (Wildman–Crippen LogP) is 1.82. The maximum atomic E-state index is 13.5. The Bertz CT molecular complexity index is 1320. The number of hydrogen-bond donors (Lipinski definition) is 2. The van der Waals surface area contributed by atoms with Gasteiger partial charge in [0.2, 0.25) is 12.3 Å². The van der Waals surface area contributed by atoms with Gasteiger partial charge in [0.1, 0.15) is 29.6 Å². The van der Waals surface area contributed by atoms with Crippen molar-refractivity contribution in [2.24, 2.45) is 0 Å². The van der Waals surface area contributed by atoms with Crippen molar-refractivity contribution in [1.29, 1.82) is 0 Å². The highest BCUT2D eigenvalue weighted by molar-refractivity contribution is 6.00. The largest absolute Gasteiger partial charge is 0.361 e. The molecule has 5 rings (SSSR count). The van der Waals surface area contributed by atoms with Crippen LogP contribution in [-0.4, -0.2) is 73.9 Å². The molecule has 2 aliphatic heterocycles. The number of anilines is 3. The molecule has 2 N–H and O–H groups in total.